The summed E-state index contributed by atoms with van der Waals surface area (Å²) in [6, 6.07) is 0. The Hall–Kier alpha value is -1.43. The van der Waals surface area contributed by atoms with E-state index in [2.05, 4.69) is 20.9 Å². The second-order valence-electron chi connectivity index (χ2n) is 4.20. The molecule has 0 unspecified atom stereocenters. The van der Waals surface area contributed by atoms with Crippen molar-refractivity contribution >= 4 is 5.91 Å². The summed E-state index contributed by atoms with van der Waals surface area (Å²) < 4.78 is 1.74. The topological polar surface area (TPSA) is 71.8 Å². The average Bonchev–Trinajstić information content (AvgIpc) is 2.74. The fourth-order valence-corrected chi connectivity index (χ4v) is 1.28. The van der Waals surface area contributed by atoms with Gasteiger partial charge in [0.15, 0.2) is 0 Å². The zero-order chi connectivity index (χ0) is 12.7. The number of amides is 1. The van der Waals surface area contributed by atoms with Gasteiger partial charge in [0.2, 0.25) is 5.91 Å². The number of nitrogens with zero attached hydrogens (tertiary/aromatic N) is 3. The molecule has 17 heavy (non-hydrogen) atoms. The Balaban J connectivity index is 2.27. The van der Waals surface area contributed by atoms with Gasteiger partial charge in [-0.25, -0.2) is 0 Å². The van der Waals surface area contributed by atoms with Gasteiger partial charge in [0.25, 0.3) is 0 Å². The van der Waals surface area contributed by atoms with Crippen LogP contribution in [0, 0.1) is 5.92 Å². The maximum Gasteiger partial charge on any atom is 0.222 e. The third-order valence-electron chi connectivity index (χ3n) is 2.31. The molecule has 0 radical (unpaired) electrons. The molecular formula is C11H21N5O. The van der Waals surface area contributed by atoms with E-state index >= 15 is 0 Å². The molecule has 0 saturated carbocycles. The van der Waals surface area contributed by atoms with Crippen LogP contribution in [0.15, 0.2) is 6.20 Å². The molecule has 0 fully saturated rings. The summed E-state index contributed by atoms with van der Waals surface area (Å²) in [5.41, 5.74) is 0.919. The SMILES string of the molecule is CCNCc1cn(CCNC(=O)C(C)C)nn1. The van der Waals surface area contributed by atoms with Crippen LogP contribution in [0.3, 0.4) is 0 Å². The molecule has 1 rings (SSSR count). The number of carbonyl (C=O) groups is 1. The minimum Gasteiger partial charge on any atom is -0.354 e. The second-order valence-corrected chi connectivity index (χ2v) is 4.20. The van der Waals surface area contributed by atoms with Crippen LogP contribution < -0.4 is 10.6 Å². The maximum absolute atomic E-state index is 11.3. The second kappa shape index (κ2) is 7.01. The van der Waals surface area contributed by atoms with Gasteiger partial charge in [0.1, 0.15) is 0 Å². The fraction of sp³-hybridized carbons (Fsp3) is 0.727. The van der Waals surface area contributed by atoms with Crippen LogP contribution >= 0.6 is 0 Å². The summed E-state index contributed by atoms with van der Waals surface area (Å²) in [6.07, 6.45) is 1.89. The Morgan fingerprint density at radius 3 is 2.94 bits per heavy atom. The first-order valence-corrected chi connectivity index (χ1v) is 6.01. The van der Waals surface area contributed by atoms with Crippen LogP contribution in [0.2, 0.25) is 0 Å². The summed E-state index contributed by atoms with van der Waals surface area (Å²) >= 11 is 0. The third-order valence-corrected chi connectivity index (χ3v) is 2.31. The van der Waals surface area contributed by atoms with Crippen LogP contribution in [0.4, 0.5) is 0 Å². The van der Waals surface area contributed by atoms with Crippen molar-refractivity contribution in [3.05, 3.63) is 11.9 Å². The molecule has 1 aromatic heterocycles. The Labute approximate surface area is 102 Å². The van der Waals surface area contributed by atoms with Gasteiger partial charge in [-0.2, -0.15) is 0 Å². The molecule has 0 aliphatic rings. The lowest BCUT2D eigenvalue weighted by molar-refractivity contribution is -0.124. The van der Waals surface area contributed by atoms with Crippen LogP contribution in [-0.4, -0.2) is 34.0 Å². The molecule has 0 aliphatic heterocycles. The van der Waals surface area contributed by atoms with E-state index in [0.717, 1.165) is 18.8 Å². The highest BCUT2D eigenvalue weighted by atomic mass is 16.1. The standard InChI is InChI=1S/C11H21N5O/c1-4-12-7-10-8-16(15-14-10)6-5-13-11(17)9(2)3/h8-9,12H,4-7H2,1-3H3,(H,13,17). The van der Waals surface area contributed by atoms with Gasteiger partial charge < -0.3 is 10.6 Å². The highest BCUT2D eigenvalue weighted by Gasteiger charge is 2.05. The highest BCUT2D eigenvalue weighted by molar-refractivity contribution is 5.77. The van der Waals surface area contributed by atoms with Crippen LogP contribution in [0.5, 0.6) is 0 Å². The lowest BCUT2D eigenvalue weighted by Crippen LogP contribution is -2.30. The average molecular weight is 239 g/mol. The summed E-state index contributed by atoms with van der Waals surface area (Å²) in [4.78, 5) is 11.3. The molecule has 0 saturated heterocycles. The largest absolute Gasteiger partial charge is 0.354 e. The van der Waals surface area contributed by atoms with E-state index in [1.54, 1.807) is 4.68 Å². The molecular weight excluding hydrogens is 218 g/mol. The van der Waals surface area contributed by atoms with E-state index < -0.39 is 0 Å². The first-order chi connectivity index (χ1) is 8.13. The zero-order valence-electron chi connectivity index (χ0n) is 10.7. The van der Waals surface area contributed by atoms with Gasteiger partial charge in [-0.05, 0) is 6.54 Å². The van der Waals surface area contributed by atoms with Crippen molar-refractivity contribution in [2.45, 2.75) is 33.9 Å². The highest BCUT2D eigenvalue weighted by Crippen LogP contribution is 1.93. The Bertz CT molecular complexity index is 347. The lowest BCUT2D eigenvalue weighted by atomic mass is 10.2. The van der Waals surface area contributed by atoms with Crippen molar-refractivity contribution in [1.29, 1.82) is 0 Å². The van der Waals surface area contributed by atoms with Crippen molar-refractivity contribution in [3.63, 3.8) is 0 Å². The van der Waals surface area contributed by atoms with Crippen LogP contribution in [0.25, 0.3) is 0 Å². The maximum atomic E-state index is 11.3. The minimum atomic E-state index is 0.0232. The Morgan fingerprint density at radius 1 is 1.53 bits per heavy atom. The number of hydrogen-bond acceptors (Lipinski definition) is 4. The smallest absolute Gasteiger partial charge is 0.222 e. The van der Waals surface area contributed by atoms with E-state index in [-0.39, 0.29) is 11.8 Å². The van der Waals surface area contributed by atoms with Crippen molar-refractivity contribution in [2.24, 2.45) is 5.92 Å². The van der Waals surface area contributed by atoms with E-state index in [1.165, 1.54) is 0 Å². The molecule has 6 heteroatoms. The van der Waals surface area contributed by atoms with Gasteiger partial charge in [-0.15, -0.1) is 5.10 Å². The normalized spacial score (nSPS) is 10.8. The molecule has 1 amide bonds. The van der Waals surface area contributed by atoms with Crippen molar-refractivity contribution in [2.75, 3.05) is 13.1 Å². The molecule has 6 nitrogen and oxygen atoms in total. The third kappa shape index (κ3) is 4.95. The minimum absolute atomic E-state index is 0.0232. The summed E-state index contributed by atoms with van der Waals surface area (Å²) in [6.45, 7) is 8.68. The van der Waals surface area contributed by atoms with E-state index in [9.17, 15) is 4.79 Å². The molecule has 2 N–H and O–H groups in total. The molecule has 0 spiro atoms. The first kappa shape index (κ1) is 13.6. The van der Waals surface area contributed by atoms with Gasteiger partial charge in [0, 0.05) is 25.2 Å². The van der Waals surface area contributed by atoms with Gasteiger partial charge in [0.05, 0.1) is 12.2 Å². The fourth-order valence-electron chi connectivity index (χ4n) is 1.28. The predicted molar refractivity (Wildman–Crippen MR) is 65.3 cm³/mol. The predicted octanol–water partition coefficient (Wildman–Crippen LogP) is 0.160. The number of nitrogens with one attached hydrogen (secondary N) is 2. The number of rotatable bonds is 7. The molecule has 0 bridgehead atoms. The van der Waals surface area contributed by atoms with Gasteiger partial charge in [-0.1, -0.05) is 26.0 Å². The molecule has 0 aliphatic carbocycles. The Morgan fingerprint density at radius 2 is 2.29 bits per heavy atom. The van der Waals surface area contributed by atoms with E-state index in [4.69, 9.17) is 0 Å². The van der Waals surface area contributed by atoms with E-state index in [1.807, 2.05) is 27.0 Å². The van der Waals surface area contributed by atoms with Crippen LogP contribution in [0.1, 0.15) is 26.5 Å². The molecule has 1 heterocycles. The summed E-state index contributed by atoms with van der Waals surface area (Å²) in [7, 11) is 0. The summed E-state index contributed by atoms with van der Waals surface area (Å²) in [5, 5.41) is 14.0. The van der Waals surface area contributed by atoms with Crippen molar-refractivity contribution < 1.29 is 4.79 Å². The molecule has 0 aromatic carbocycles. The van der Waals surface area contributed by atoms with Crippen molar-refractivity contribution in [3.8, 4) is 0 Å². The summed E-state index contributed by atoms with van der Waals surface area (Å²) in [5.74, 6) is 0.0908. The Kier molecular flexibility index (Phi) is 5.62. The van der Waals surface area contributed by atoms with Gasteiger partial charge >= 0.3 is 0 Å². The molecule has 96 valence electrons. The number of carbonyl (C=O) groups excluding carboxylic acids is 1. The van der Waals surface area contributed by atoms with Crippen molar-refractivity contribution in [1.82, 2.24) is 25.6 Å². The monoisotopic (exact) mass is 239 g/mol. The molecule has 0 atom stereocenters. The van der Waals surface area contributed by atoms with Crippen LogP contribution in [-0.2, 0) is 17.9 Å². The van der Waals surface area contributed by atoms with E-state index in [0.29, 0.717) is 13.1 Å². The van der Waals surface area contributed by atoms with Gasteiger partial charge in [-0.3, -0.25) is 9.48 Å². The number of hydrogen-bond donors (Lipinski definition) is 2. The first-order valence-electron chi connectivity index (χ1n) is 6.01. The zero-order valence-corrected chi connectivity index (χ0v) is 10.7. The lowest BCUT2D eigenvalue weighted by Gasteiger charge is -2.06. The quantitative estimate of drug-likeness (QED) is 0.711. The molecule has 1 aromatic rings. The number of aromatic nitrogens is 3.